The van der Waals surface area contributed by atoms with Gasteiger partial charge in [-0.2, -0.15) is 0 Å². The lowest BCUT2D eigenvalue weighted by atomic mass is 10.0. The first kappa shape index (κ1) is 17.8. The second-order valence-corrected chi connectivity index (χ2v) is 6.10. The van der Waals surface area contributed by atoms with E-state index in [1.54, 1.807) is 0 Å². The summed E-state index contributed by atoms with van der Waals surface area (Å²) in [6.07, 6.45) is 3.22. The van der Waals surface area contributed by atoms with Gasteiger partial charge in [-0.15, -0.1) is 0 Å². The summed E-state index contributed by atoms with van der Waals surface area (Å²) in [4.78, 5) is 42.2. The fourth-order valence-electron chi connectivity index (χ4n) is 2.89. The van der Waals surface area contributed by atoms with Gasteiger partial charge in [0.25, 0.3) is 5.91 Å². The van der Waals surface area contributed by atoms with Crippen molar-refractivity contribution in [1.82, 2.24) is 5.32 Å². The van der Waals surface area contributed by atoms with Gasteiger partial charge in [0, 0.05) is 12.8 Å². The lowest BCUT2D eigenvalue weighted by Gasteiger charge is -2.30. The zero-order chi connectivity index (χ0) is 17.9. The van der Waals surface area contributed by atoms with Crippen molar-refractivity contribution in [1.29, 1.82) is 0 Å². The number of amides is 4. The van der Waals surface area contributed by atoms with Crippen LogP contribution in [0.2, 0.25) is 0 Å². The molecule has 1 aromatic rings. The lowest BCUT2D eigenvalue weighted by Crippen LogP contribution is -2.59. The van der Waals surface area contributed by atoms with Crippen molar-refractivity contribution in [2.75, 3.05) is 11.4 Å². The molecule has 24 heavy (non-hydrogen) atoms. The molecule has 1 heterocycles. The van der Waals surface area contributed by atoms with E-state index in [-0.39, 0.29) is 0 Å². The molecule has 0 radical (unpaired) electrons. The molecule has 1 aromatic carbocycles. The van der Waals surface area contributed by atoms with Crippen LogP contribution in [0.15, 0.2) is 17.1 Å². The summed E-state index contributed by atoms with van der Waals surface area (Å²) in [6.45, 7) is 8.24. The number of carbonyl (C=O) groups excluding carboxylic acids is 3. The van der Waals surface area contributed by atoms with Crippen molar-refractivity contribution < 1.29 is 14.4 Å². The minimum atomic E-state index is -1.07. The number of urea groups is 1. The van der Waals surface area contributed by atoms with Crippen LogP contribution in [0.4, 0.5) is 10.5 Å². The standard InChI is InChI=1S/C18H23N3O3/c1-5-6-7-19-10-14-16(22)20-18(24)21(17(14)23)15-12(3)8-11(2)9-13(15)4/h8-10,14H,5-7H2,1-4H3,(H,20,22,24). The first-order valence-electron chi connectivity index (χ1n) is 8.13. The third-order valence-electron chi connectivity index (χ3n) is 3.96. The van der Waals surface area contributed by atoms with E-state index >= 15 is 0 Å². The molecular formula is C18H23N3O3. The van der Waals surface area contributed by atoms with Crippen molar-refractivity contribution in [3.63, 3.8) is 0 Å². The molecule has 0 saturated carbocycles. The molecule has 0 spiro atoms. The van der Waals surface area contributed by atoms with Crippen LogP contribution in [0.5, 0.6) is 0 Å². The maximum atomic E-state index is 12.8. The van der Waals surface area contributed by atoms with E-state index in [0.717, 1.165) is 34.4 Å². The third-order valence-corrected chi connectivity index (χ3v) is 3.96. The van der Waals surface area contributed by atoms with Gasteiger partial charge in [-0.3, -0.25) is 19.9 Å². The Hall–Kier alpha value is -2.50. The molecule has 4 amide bonds. The molecule has 1 N–H and O–H groups in total. The lowest BCUT2D eigenvalue weighted by molar-refractivity contribution is -0.131. The highest BCUT2D eigenvalue weighted by atomic mass is 16.2. The predicted molar refractivity (Wildman–Crippen MR) is 93.4 cm³/mol. The van der Waals surface area contributed by atoms with Crippen molar-refractivity contribution in [3.8, 4) is 0 Å². The highest BCUT2D eigenvalue weighted by Gasteiger charge is 2.41. The van der Waals surface area contributed by atoms with Crippen LogP contribution in [-0.4, -0.2) is 30.6 Å². The number of aliphatic imine (C=N–C) groups is 1. The van der Waals surface area contributed by atoms with Crippen LogP contribution in [-0.2, 0) is 9.59 Å². The highest BCUT2D eigenvalue weighted by molar-refractivity contribution is 6.32. The molecule has 1 saturated heterocycles. The zero-order valence-electron chi connectivity index (χ0n) is 14.5. The number of imide groups is 2. The number of benzene rings is 1. The molecule has 0 aromatic heterocycles. The van der Waals surface area contributed by atoms with E-state index in [4.69, 9.17) is 0 Å². The van der Waals surface area contributed by atoms with E-state index in [0.29, 0.717) is 12.2 Å². The number of carbonyl (C=O) groups is 3. The van der Waals surface area contributed by atoms with Gasteiger partial charge >= 0.3 is 6.03 Å². The average molecular weight is 329 g/mol. The van der Waals surface area contributed by atoms with Gasteiger partial charge in [0.1, 0.15) is 0 Å². The summed E-state index contributed by atoms with van der Waals surface area (Å²) >= 11 is 0. The van der Waals surface area contributed by atoms with Gasteiger partial charge in [-0.05, 0) is 38.3 Å². The second kappa shape index (κ2) is 7.38. The van der Waals surface area contributed by atoms with E-state index in [1.165, 1.54) is 6.21 Å². The van der Waals surface area contributed by atoms with Gasteiger partial charge in [0.2, 0.25) is 5.91 Å². The Morgan fingerprint density at radius 2 is 1.79 bits per heavy atom. The number of aryl methyl sites for hydroxylation is 3. The van der Waals surface area contributed by atoms with Crippen LogP contribution in [0.25, 0.3) is 0 Å². The Labute approximate surface area is 141 Å². The number of hydrogen-bond donors (Lipinski definition) is 1. The zero-order valence-corrected chi connectivity index (χ0v) is 14.5. The molecular weight excluding hydrogens is 306 g/mol. The van der Waals surface area contributed by atoms with Crippen molar-refractivity contribution in [2.24, 2.45) is 10.9 Å². The van der Waals surface area contributed by atoms with Gasteiger partial charge in [-0.25, -0.2) is 9.69 Å². The molecule has 1 aliphatic heterocycles. The van der Waals surface area contributed by atoms with E-state index in [9.17, 15) is 14.4 Å². The van der Waals surface area contributed by atoms with Crippen LogP contribution >= 0.6 is 0 Å². The molecule has 2 rings (SSSR count). The molecule has 6 heteroatoms. The SMILES string of the molecule is CCCCN=CC1C(=O)NC(=O)N(c2c(C)cc(C)cc2C)C1=O. The number of anilines is 1. The van der Waals surface area contributed by atoms with Gasteiger partial charge in [0.15, 0.2) is 5.92 Å². The van der Waals surface area contributed by atoms with Crippen LogP contribution in [0.3, 0.4) is 0 Å². The monoisotopic (exact) mass is 329 g/mol. The van der Waals surface area contributed by atoms with Crippen LogP contribution in [0, 0.1) is 26.7 Å². The Balaban J connectivity index is 2.36. The maximum absolute atomic E-state index is 12.8. The number of hydrogen-bond acceptors (Lipinski definition) is 4. The van der Waals surface area contributed by atoms with E-state index < -0.39 is 23.8 Å². The quantitative estimate of drug-likeness (QED) is 0.512. The summed E-state index contributed by atoms with van der Waals surface area (Å²) in [6, 6.07) is 3.10. The second-order valence-electron chi connectivity index (χ2n) is 6.10. The largest absolute Gasteiger partial charge is 0.335 e. The Morgan fingerprint density at radius 3 is 2.38 bits per heavy atom. The van der Waals surface area contributed by atoms with Gasteiger partial charge < -0.3 is 0 Å². The molecule has 1 unspecified atom stereocenters. The molecule has 1 aliphatic rings. The normalized spacial score (nSPS) is 18.4. The van der Waals surface area contributed by atoms with Crippen LogP contribution < -0.4 is 10.2 Å². The Kier molecular flexibility index (Phi) is 5.49. The number of nitrogens with one attached hydrogen (secondary N) is 1. The smallest absolute Gasteiger partial charge is 0.296 e. The number of nitrogens with zero attached hydrogens (tertiary/aromatic N) is 2. The summed E-state index contributed by atoms with van der Waals surface area (Å²) in [5, 5.41) is 2.25. The molecule has 6 nitrogen and oxygen atoms in total. The Bertz CT molecular complexity index is 686. The van der Waals surface area contributed by atoms with E-state index in [2.05, 4.69) is 10.3 Å². The van der Waals surface area contributed by atoms with Gasteiger partial charge in [-0.1, -0.05) is 31.0 Å². The number of unbranched alkanes of at least 4 members (excludes halogenated alkanes) is 1. The third kappa shape index (κ3) is 3.53. The Morgan fingerprint density at radius 1 is 1.17 bits per heavy atom. The summed E-state index contributed by atoms with van der Waals surface area (Å²) < 4.78 is 0. The van der Waals surface area contributed by atoms with Crippen molar-refractivity contribution >= 4 is 29.7 Å². The minimum Gasteiger partial charge on any atom is -0.296 e. The summed E-state index contributed by atoms with van der Waals surface area (Å²) in [5.74, 6) is -2.25. The summed E-state index contributed by atoms with van der Waals surface area (Å²) in [5.41, 5.74) is 3.20. The predicted octanol–water partition coefficient (Wildman–Crippen LogP) is 2.68. The fraction of sp³-hybridized carbons (Fsp3) is 0.444. The first-order valence-corrected chi connectivity index (χ1v) is 8.13. The first-order chi connectivity index (χ1) is 11.4. The maximum Gasteiger partial charge on any atom is 0.335 e. The molecule has 1 fully saturated rings. The average Bonchev–Trinajstić information content (AvgIpc) is 2.48. The molecule has 0 aliphatic carbocycles. The topological polar surface area (TPSA) is 78.8 Å². The van der Waals surface area contributed by atoms with Crippen molar-refractivity contribution in [2.45, 2.75) is 40.5 Å². The van der Waals surface area contributed by atoms with Gasteiger partial charge in [0.05, 0.1) is 5.69 Å². The molecule has 0 bridgehead atoms. The minimum absolute atomic E-state index is 0.530. The number of barbiturate groups is 1. The molecule has 1 atom stereocenters. The van der Waals surface area contributed by atoms with E-state index in [1.807, 2.05) is 39.8 Å². The number of rotatable bonds is 5. The van der Waals surface area contributed by atoms with Crippen LogP contribution in [0.1, 0.15) is 36.5 Å². The fourth-order valence-corrected chi connectivity index (χ4v) is 2.89. The molecule has 128 valence electrons. The van der Waals surface area contributed by atoms with Crippen molar-refractivity contribution in [3.05, 3.63) is 28.8 Å². The highest BCUT2D eigenvalue weighted by Crippen LogP contribution is 2.29. The summed E-state index contributed by atoms with van der Waals surface area (Å²) in [7, 11) is 0.